The first-order valence-corrected chi connectivity index (χ1v) is 7.53. The zero-order valence-electron chi connectivity index (χ0n) is 12.9. The van der Waals surface area contributed by atoms with Gasteiger partial charge in [0.2, 0.25) is 0 Å². The summed E-state index contributed by atoms with van der Waals surface area (Å²) >= 11 is 4.94. The van der Waals surface area contributed by atoms with Crippen molar-refractivity contribution in [2.45, 2.75) is 6.92 Å². The number of thiocarbonyl (C=S) groups is 1. The minimum Gasteiger partial charge on any atom is -0.495 e. The van der Waals surface area contributed by atoms with E-state index in [1.807, 2.05) is 25.1 Å². The normalized spacial score (nSPS) is 15.9. The molecule has 0 aliphatic carbocycles. The fraction of sp³-hybridized carbons (Fsp3) is 0.375. The molecule has 1 fully saturated rings. The number of nitrogens with two attached hydrogens (primary N) is 1. The number of piperazine rings is 1. The van der Waals surface area contributed by atoms with Crippen molar-refractivity contribution in [2.24, 2.45) is 5.73 Å². The van der Waals surface area contributed by atoms with Crippen molar-refractivity contribution in [1.82, 2.24) is 4.90 Å². The molecule has 0 spiro atoms. The summed E-state index contributed by atoms with van der Waals surface area (Å²) in [6.45, 7) is 5.24. The number of nitrogens with zero attached hydrogens (tertiary/aromatic N) is 3. The smallest absolute Gasteiger partial charge is 0.142 e. The van der Waals surface area contributed by atoms with E-state index in [0.29, 0.717) is 5.57 Å². The second kappa shape index (κ2) is 7.14. The highest BCUT2D eigenvalue weighted by molar-refractivity contribution is 7.80. The van der Waals surface area contributed by atoms with E-state index >= 15 is 0 Å². The molecule has 0 bridgehead atoms. The van der Waals surface area contributed by atoms with Gasteiger partial charge in [-0.15, -0.1) is 0 Å². The number of nitriles is 1. The van der Waals surface area contributed by atoms with E-state index in [9.17, 15) is 0 Å². The van der Waals surface area contributed by atoms with Crippen molar-refractivity contribution < 1.29 is 4.74 Å². The van der Waals surface area contributed by atoms with Gasteiger partial charge in [-0.3, -0.25) is 0 Å². The third-order valence-electron chi connectivity index (χ3n) is 3.90. The van der Waals surface area contributed by atoms with Gasteiger partial charge in [-0.05, 0) is 19.1 Å². The van der Waals surface area contributed by atoms with Crippen LogP contribution in [0.2, 0.25) is 0 Å². The Labute approximate surface area is 136 Å². The number of anilines is 1. The summed E-state index contributed by atoms with van der Waals surface area (Å²) in [5.41, 5.74) is 7.97. The van der Waals surface area contributed by atoms with Gasteiger partial charge in [0.15, 0.2) is 0 Å². The van der Waals surface area contributed by atoms with E-state index in [2.05, 4.69) is 21.9 Å². The van der Waals surface area contributed by atoms with Crippen LogP contribution in [0.3, 0.4) is 0 Å². The van der Waals surface area contributed by atoms with Crippen LogP contribution < -0.4 is 15.4 Å². The van der Waals surface area contributed by atoms with E-state index in [4.69, 9.17) is 28.0 Å². The molecule has 1 aliphatic rings. The van der Waals surface area contributed by atoms with E-state index < -0.39 is 0 Å². The van der Waals surface area contributed by atoms with Crippen LogP contribution in [-0.4, -0.2) is 43.2 Å². The van der Waals surface area contributed by atoms with Gasteiger partial charge in [-0.1, -0.05) is 24.4 Å². The van der Waals surface area contributed by atoms with E-state index in [-0.39, 0.29) is 4.99 Å². The first-order valence-electron chi connectivity index (χ1n) is 7.12. The Morgan fingerprint density at radius 3 is 2.45 bits per heavy atom. The number of methoxy groups -OCH3 is 1. The number of benzene rings is 1. The summed E-state index contributed by atoms with van der Waals surface area (Å²) in [4.78, 5) is 4.60. The Kier molecular flexibility index (Phi) is 5.23. The van der Waals surface area contributed by atoms with Gasteiger partial charge in [-0.25, -0.2) is 0 Å². The Hall–Kier alpha value is -2.26. The van der Waals surface area contributed by atoms with Gasteiger partial charge in [-0.2, -0.15) is 5.26 Å². The van der Waals surface area contributed by atoms with Crippen molar-refractivity contribution in [3.8, 4) is 11.8 Å². The summed E-state index contributed by atoms with van der Waals surface area (Å²) in [6, 6.07) is 10.1. The fourth-order valence-corrected chi connectivity index (χ4v) is 2.84. The third kappa shape index (κ3) is 3.31. The molecule has 1 saturated heterocycles. The van der Waals surface area contributed by atoms with Crippen LogP contribution >= 0.6 is 12.2 Å². The van der Waals surface area contributed by atoms with Crippen LogP contribution in [0.5, 0.6) is 5.75 Å². The van der Waals surface area contributed by atoms with Crippen molar-refractivity contribution in [1.29, 1.82) is 5.26 Å². The van der Waals surface area contributed by atoms with E-state index in [1.165, 1.54) is 0 Å². The molecular weight excluding hydrogens is 296 g/mol. The molecule has 22 heavy (non-hydrogen) atoms. The van der Waals surface area contributed by atoms with Gasteiger partial charge in [0.1, 0.15) is 22.4 Å². The molecule has 0 radical (unpaired) electrons. The second-order valence-corrected chi connectivity index (χ2v) is 5.52. The first kappa shape index (κ1) is 16.1. The molecule has 1 heterocycles. The number of allylic oxidation sites excluding steroid dienone is 1. The molecule has 0 amide bonds. The average Bonchev–Trinajstić information content (AvgIpc) is 2.55. The molecular formula is C16H20N4OS. The van der Waals surface area contributed by atoms with E-state index in [0.717, 1.165) is 43.3 Å². The summed E-state index contributed by atoms with van der Waals surface area (Å²) < 4.78 is 5.42. The number of ether oxygens (including phenoxy) is 1. The lowest BCUT2D eigenvalue weighted by molar-refractivity contribution is 0.319. The molecule has 1 aromatic rings. The van der Waals surface area contributed by atoms with Gasteiger partial charge in [0, 0.05) is 31.9 Å². The Morgan fingerprint density at radius 2 is 1.91 bits per heavy atom. The highest BCUT2D eigenvalue weighted by atomic mass is 32.1. The first-order chi connectivity index (χ1) is 10.6. The molecule has 6 heteroatoms. The highest BCUT2D eigenvalue weighted by Crippen LogP contribution is 2.28. The number of hydrogen-bond acceptors (Lipinski definition) is 5. The topological polar surface area (TPSA) is 65.5 Å². The van der Waals surface area contributed by atoms with Crippen molar-refractivity contribution in [3.63, 3.8) is 0 Å². The molecule has 5 nitrogen and oxygen atoms in total. The van der Waals surface area contributed by atoms with Crippen molar-refractivity contribution in [3.05, 3.63) is 35.5 Å². The Morgan fingerprint density at radius 1 is 1.27 bits per heavy atom. The van der Waals surface area contributed by atoms with E-state index in [1.54, 1.807) is 7.11 Å². The van der Waals surface area contributed by atoms with Crippen LogP contribution in [0.4, 0.5) is 5.69 Å². The number of rotatable bonds is 4. The molecule has 0 atom stereocenters. The standard InChI is InChI=1S/C16H20N4OS/c1-12(13(11-17)16(18)22)19-7-9-20(10-8-19)14-5-3-4-6-15(14)21-2/h3-6H,7-10H2,1-2H3,(H2,18,22)/b13-12+. The van der Waals surface area contributed by atoms with Crippen molar-refractivity contribution in [2.75, 3.05) is 38.2 Å². The minimum absolute atomic E-state index is 0.159. The highest BCUT2D eigenvalue weighted by Gasteiger charge is 2.21. The summed E-state index contributed by atoms with van der Waals surface area (Å²) in [7, 11) is 1.68. The maximum Gasteiger partial charge on any atom is 0.142 e. The predicted molar refractivity (Wildman–Crippen MR) is 91.9 cm³/mol. The average molecular weight is 316 g/mol. The molecule has 116 valence electrons. The molecule has 0 aromatic heterocycles. The zero-order chi connectivity index (χ0) is 16.1. The fourth-order valence-electron chi connectivity index (χ4n) is 2.65. The van der Waals surface area contributed by atoms with Crippen LogP contribution in [-0.2, 0) is 0 Å². The summed E-state index contributed by atoms with van der Waals surface area (Å²) in [6.07, 6.45) is 0. The SMILES string of the molecule is COc1ccccc1N1CCN(/C(C)=C(\C#N)C(N)=S)CC1. The number of para-hydroxylation sites is 2. The minimum atomic E-state index is 0.159. The van der Waals surface area contributed by atoms with Gasteiger partial charge in [0.05, 0.1) is 12.8 Å². The monoisotopic (exact) mass is 316 g/mol. The lowest BCUT2D eigenvalue weighted by atomic mass is 10.1. The lowest BCUT2D eigenvalue weighted by Crippen LogP contribution is -2.46. The zero-order valence-corrected chi connectivity index (χ0v) is 13.7. The summed E-state index contributed by atoms with van der Waals surface area (Å²) in [5.74, 6) is 0.879. The second-order valence-electron chi connectivity index (χ2n) is 5.08. The van der Waals surface area contributed by atoms with Gasteiger partial charge < -0.3 is 20.3 Å². The molecule has 0 saturated carbocycles. The molecule has 1 aromatic carbocycles. The molecule has 2 rings (SSSR count). The molecule has 2 N–H and O–H groups in total. The van der Waals surface area contributed by atoms with Gasteiger partial charge in [0.25, 0.3) is 0 Å². The maximum atomic E-state index is 9.17. The lowest BCUT2D eigenvalue weighted by Gasteiger charge is -2.38. The van der Waals surface area contributed by atoms with Gasteiger partial charge >= 0.3 is 0 Å². The summed E-state index contributed by atoms with van der Waals surface area (Å²) in [5, 5.41) is 9.17. The number of hydrogen-bond donors (Lipinski definition) is 1. The maximum absolute atomic E-state index is 9.17. The van der Waals surface area contributed by atoms with Crippen LogP contribution in [0.1, 0.15) is 6.92 Å². The van der Waals surface area contributed by atoms with Crippen molar-refractivity contribution >= 4 is 22.9 Å². The van der Waals surface area contributed by atoms with Crippen LogP contribution in [0.15, 0.2) is 35.5 Å². The molecule has 1 aliphatic heterocycles. The van der Waals surface area contributed by atoms with Crippen LogP contribution in [0.25, 0.3) is 0 Å². The largest absolute Gasteiger partial charge is 0.495 e. The Bertz CT molecular complexity index is 627. The molecule has 0 unspecified atom stereocenters. The predicted octanol–water partition coefficient (Wildman–Crippen LogP) is 1.90. The Balaban J connectivity index is 2.11. The van der Waals surface area contributed by atoms with Crippen LogP contribution in [0, 0.1) is 11.3 Å². The third-order valence-corrected chi connectivity index (χ3v) is 4.10. The quantitative estimate of drug-likeness (QED) is 0.520.